The van der Waals surface area contributed by atoms with Crippen LogP contribution in [-0.4, -0.2) is 29.8 Å². The molecule has 0 amide bonds. The van der Waals surface area contributed by atoms with Gasteiger partial charge in [-0.2, -0.15) is 0 Å². The third kappa shape index (κ3) is 3.95. The first kappa shape index (κ1) is 16.2. The maximum Gasteiger partial charge on any atom is 0.311 e. The van der Waals surface area contributed by atoms with E-state index in [1.807, 2.05) is 24.3 Å². The van der Waals surface area contributed by atoms with E-state index in [9.17, 15) is 9.90 Å². The number of halogens is 1. The molecule has 1 aromatic rings. The number of aliphatic hydroxyl groups excluding tert-OH is 1. The van der Waals surface area contributed by atoms with E-state index in [0.29, 0.717) is 18.1 Å². The highest BCUT2D eigenvalue weighted by Gasteiger charge is 2.35. The van der Waals surface area contributed by atoms with E-state index in [0.717, 1.165) is 5.56 Å². The molecule has 6 heteroatoms. The molecule has 0 saturated carbocycles. The second kappa shape index (κ2) is 7.22. The number of hydrogen-bond donors (Lipinski definition) is 3. The van der Waals surface area contributed by atoms with Crippen LogP contribution in [0.25, 0.3) is 0 Å². The number of carbonyl (C=O) groups excluding carboxylic acids is 1. The molecule has 0 bridgehead atoms. The topological polar surface area (TPSA) is 70.6 Å². The summed E-state index contributed by atoms with van der Waals surface area (Å²) in [4.78, 5) is 11.7. The normalized spacial score (nSPS) is 24.6. The van der Waals surface area contributed by atoms with Crippen LogP contribution in [-0.2, 0) is 9.53 Å². The summed E-state index contributed by atoms with van der Waals surface area (Å²) in [5, 5.41) is 11.0. The minimum atomic E-state index is -0.797. The van der Waals surface area contributed by atoms with E-state index in [1.165, 1.54) is 0 Å². The quantitative estimate of drug-likeness (QED) is 0.723. The minimum Gasteiger partial charge on any atom is -0.466 e. The van der Waals surface area contributed by atoms with Crippen molar-refractivity contribution in [1.82, 2.24) is 10.9 Å². The van der Waals surface area contributed by atoms with Crippen molar-refractivity contribution in [1.29, 1.82) is 0 Å². The zero-order valence-electron chi connectivity index (χ0n) is 12.2. The van der Waals surface area contributed by atoms with Crippen molar-refractivity contribution in [3.63, 3.8) is 0 Å². The summed E-state index contributed by atoms with van der Waals surface area (Å²) in [6, 6.07) is 7.45. The summed E-state index contributed by atoms with van der Waals surface area (Å²) in [6.45, 7) is 3.75. The van der Waals surface area contributed by atoms with Gasteiger partial charge in [-0.1, -0.05) is 23.7 Å². The van der Waals surface area contributed by atoms with Crippen LogP contribution in [0.15, 0.2) is 24.3 Å². The fourth-order valence-corrected chi connectivity index (χ4v) is 2.61. The van der Waals surface area contributed by atoms with E-state index in [1.54, 1.807) is 13.8 Å². The van der Waals surface area contributed by atoms with E-state index in [-0.39, 0.29) is 18.1 Å². The lowest BCUT2D eigenvalue weighted by Crippen LogP contribution is -2.44. The molecule has 1 aliphatic rings. The molecule has 1 fully saturated rings. The molecular weight excluding hydrogens is 292 g/mol. The Bertz CT molecular complexity index is 480. The van der Waals surface area contributed by atoms with Gasteiger partial charge in [-0.15, -0.1) is 0 Å². The van der Waals surface area contributed by atoms with Crippen LogP contribution in [0.4, 0.5) is 0 Å². The molecule has 1 aromatic carbocycles. The van der Waals surface area contributed by atoms with Gasteiger partial charge in [-0.25, -0.2) is 5.43 Å². The Morgan fingerprint density at radius 1 is 1.43 bits per heavy atom. The van der Waals surface area contributed by atoms with Crippen molar-refractivity contribution in [2.45, 2.75) is 38.5 Å². The van der Waals surface area contributed by atoms with Crippen LogP contribution >= 0.6 is 11.6 Å². The zero-order chi connectivity index (χ0) is 15.4. The summed E-state index contributed by atoms with van der Waals surface area (Å²) in [5.41, 5.74) is 7.29. The molecule has 1 aliphatic heterocycles. The molecular formula is C15H21ClN2O3. The van der Waals surface area contributed by atoms with Gasteiger partial charge in [-0.05, 0) is 38.0 Å². The van der Waals surface area contributed by atoms with Crippen molar-refractivity contribution in [3.05, 3.63) is 34.9 Å². The Balaban J connectivity index is 1.95. The largest absolute Gasteiger partial charge is 0.466 e. The molecule has 2 rings (SSSR count). The molecule has 0 aliphatic carbocycles. The van der Waals surface area contributed by atoms with E-state index >= 15 is 0 Å². The molecule has 3 N–H and O–H groups in total. The molecule has 0 radical (unpaired) electrons. The summed E-state index contributed by atoms with van der Waals surface area (Å²) in [5.74, 6) is -0.935. The van der Waals surface area contributed by atoms with Crippen LogP contribution in [0.2, 0.25) is 5.02 Å². The van der Waals surface area contributed by atoms with Crippen LogP contribution in [0.5, 0.6) is 0 Å². The predicted molar refractivity (Wildman–Crippen MR) is 80.7 cm³/mol. The van der Waals surface area contributed by atoms with Gasteiger partial charge < -0.3 is 9.84 Å². The number of carbonyl (C=O) groups is 1. The number of esters is 1. The SMILES string of the molecule is CCOC(=O)C(C)C(O)C1CC(c2ccc(Cl)cc2)NN1. The Morgan fingerprint density at radius 2 is 2.10 bits per heavy atom. The number of aliphatic hydroxyl groups is 1. The highest BCUT2D eigenvalue weighted by atomic mass is 35.5. The maximum absolute atomic E-state index is 11.7. The third-order valence-electron chi connectivity index (χ3n) is 3.79. The molecule has 116 valence electrons. The van der Waals surface area contributed by atoms with Crippen LogP contribution < -0.4 is 10.9 Å². The van der Waals surface area contributed by atoms with Gasteiger partial charge in [0.05, 0.1) is 18.6 Å². The fourth-order valence-electron chi connectivity index (χ4n) is 2.48. The van der Waals surface area contributed by atoms with Gasteiger partial charge in [0.15, 0.2) is 0 Å². The molecule has 4 unspecified atom stereocenters. The summed E-state index contributed by atoms with van der Waals surface area (Å²) >= 11 is 5.88. The third-order valence-corrected chi connectivity index (χ3v) is 4.04. The van der Waals surface area contributed by atoms with Crippen molar-refractivity contribution in [3.8, 4) is 0 Å². The molecule has 4 atom stereocenters. The smallest absolute Gasteiger partial charge is 0.311 e. The van der Waals surface area contributed by atoms with Gasteiger partial charge in [0.25, 0.3) is 0 Å². The fraction of sp³-hybridized carbons (Fsp3) is 0.533. The van der Waals surface area contributed by atoms with Gasteiger partial charge in [0, 0.05) is 17.1 Å². The number of hydrogen-bond acceptors (Lipinski definition) is 5. The van der Waals surface area contributed by atoms with Crippen LogP contribution in [0, 0.1) is 5.92 Å². The first-order chi connectivity index (χ1) is 10.0. The van der Waals surface area contributed by atoms with Gasteiger partial charge >= 0.3 is 5.97 Å². The molecule has 1 heterocycles. The average molecular weight is 313 g/mol. The number of benzene rings is 1. The monoisotopic (exact) mass is 312 g/mol. The van der Waals surface area contributed by atoms with Crippen LogP contribution in [0.1, 0.15) is 31.9 Å². The van der Waals surface area contributed by atoms with Crippen LogP contribution in [0.3, 0.4) is 0 Å². The molecule has 21 heavy (non-hydrogen) atoms. The lowest BCUT2D eigenvalue weighted by molar-refractivity contribution is -0.151. The number of rotatable bonds is 5. The molecule has 0 spiro atoms. The van der Waals surface area contributed by atoms with Gasteiger partial charge in [0.1, 0.15) is 0 Å². The predicted octanol–water partition coefficient (Wildman–Crippen LogP) is 1.81. The standard InChI is InChI=1S/C15H21ClN2O3/c1-3-21-15(20)9(2)14(19)13-8-12(17-18-13)10-4-6-11(16)7-5-10/h4-7,9,12-14,17-19H,3,8H2,1-2H3. The maximum atomic E-state index is 11.7. The first-order valence-corrected chi connectivity index (χ1v) is 7.52. The molecule has 5 nitrogen and oxygen atoms in total. The summed E-state index contributed by atoms with van der Waals surface area (Å²) in [6.07, 6.45) is -0.110. The number of hydrazine groups is 1. The second-order valence-corrected chi connectivity index (χ2v) is 5.70. The van der Waals surface area contributed by atoms with E-state index < -0.39 is 12.0 Å². The Hall–Kier alpha value is -1.14. The van der Waals surface area contributed by atoms with Gasteiger partial charge in [0.2, 0.25) is 0 Å². The zero-order valence-corrected chi connectivity index (χ0v) is 12.9. The Labute approximate surface area is 129 Å². The van der Waals surface area contributed by atoms with E-state index in [2.05, 4.69) is 10.9 Å². The number of nitrogens with one attached hydrogen (secondary N) is 2. The van der Waals surface area contributed by atoms with E-state index in [4.69, 9.17) is 16.3 Å². The highest BCUT2D eigenvalue weighted by Crippen LogP contribution is 2.26. The van der Waals surface area contributed by atoms with Crippen molar-refractivity contribution in [2.24, 2.45) is 5.92 Å². The van der Waals surface area contributed by atoms with Crippen molar-refractivity contribution < 1.29 is 14.6 Å². The Kier molecular flexibility index (Phi) is 5.58. The van der Waals surface area contributed by atoms with Gasteiger partial charge in [-0.3, -0.25) is 10.2 Å². The highest BCUT2D eigenvalue weighted by molar-refractivity contribution is 6.30. The summed E-state index contributed by atoms with van der Waals surface area (Å²) < 4.78 is 4.95. The minimum absolute atomic E-state index is 0.0799. The second-order valence-electron chi connectivity index (χ2n) is 5.27. The lowest BCUT2D eigenvalue weighted by atomic mass is 9.93. The lowest BCUT2D eigenvalue weighted by Gasteiger charge is -2.22. The Morgan fingerprint density at radius 3 is 2.71 bits per heavy atom. The summed E-state index contributed by atoms with van der Waals surface area (Å²) in [7, 11) is 0. The van der Waals surface area contributed by atoms with Crippen molar-refractivity contribution >= 4 is 17.6 Å². The average Bonchev–Trinajstić information content (AvgIpc) is 2.96. The molecule has 1 saturated heterocycles. The van der Waals surface area contributed by atoms with Crippen molar-refractivity contribution in [2.75, 3.05) is 6.61 Å². The number of ether oxygens (including phenoxy) is 1. The first-order valence-electron chi connectivity index (χ1n) is 7.14. The molecule has 0 aromatic heterocycles.